The zero-order chi connectivity index (χ0) is 11.3. The summed E-state index contributed by atoms with van der Waals surface area (Å²) in [6.45, 7) is 1.63. The Balaban J connectivity index is 2.67. The number of rotatable bonds is 2. The Morgan fingerprint density at radius 3 is 2.93 bits per heavy atom. The highest BCUT2D eigenvalue weighted by Gasteiger charge is 2.08. The number of aromatic carboxylic acids is 1. The second kappa shape index (κ2) is 5.17. The van der Waals surface area contributed by atoms with Gasteiger partial charge in [-0.3, -0.25) is 4.79 Å². The van der Waals surface area contributed by atoms with Crippen LogP contribution < -0.4 is 5.32 Å². The molecule has 0 unspecified atom stereocenters. The Morgan fingerprint density at radius 2 is 2.33 bits per heavy atom. The molecule has 1 aromatic rings. The summed E-state index contributed by atoms with van der Waals surface area (Å²) in [7, 11) is 0. The van der Waals surface area contributed by atoms with Gasteiger partial charge >= 0.3 is 5.97 Å². The van der Waals surface area contributed by atoms with E-state index in [0.717, 1.165) is 0 Å². The molecule has 0 aliphatic rings. The van der Waals surface area contributed by atoms with Crippen molar-refractivity contribution in [2.45, 2.75) is 6.92 Å². The normalized spacial score (nSPS) is 8.87. The van der Waals surface area contributed by atoms with Gasteiger partial charge in [0.25, 0.3) is 0 Å². The Morgan fingerprint density at radius 1 is 1.60 bits per heavy atom. The molecule has 78 valence electrons. The first-order valence-electron chi connectivity index (χ1n) is 4.15. The van der Waals surface area contributed by atoms with E-state index in [1.807, 2.05) is 0 Å². The minimum atomic E-state index is -0.986. The van der Waals surface area contributed by atoms with Gasteiger partial charge in [0, 0.05) is 6.92 Å². The maximum Gasteiger partial charge on any atom is 0.337 e. The van der Waals surface area contributed by atoms with Gasteiger partial charge in [0.1, 0.15) is 0 Å². The number of nitrogens with one attached hydrogen (secondary N) is 1. The zero-order valence-corrected chi connectivity index (χ0v) is 8.85. The lowest BCUT2D eigenvalue weighted by atomic mass is 10.2. The lowest BCUT2D eigenvalue weighted by Crippen LogP contribution is -2.19. The predicted molar refractivity (Wildman–Crippen MR) is 56.8 cm³/mol. The van der Waals surface area contributed by atoms with E-state index >= 15 is 0 Å². The first-order valence-corrected chi connectivity index (χ1v) is 5.03. The summed E-state index contributed by atoms with van der Waals surface area (Å²) in [5, 5.41) is 12.9. The molecule has 0 saturated carbocycles. The van der Waals surface area contributed by atoms with Crippen molar-refractivity contribution in [3.8, 4) is 11.8 Å². The molecule has 0 bridgehead atoms. The lowest BCUT2D eigenvalue weighted by Gasteiger charge is -1.91. The van der Waals surface area contributed by atoms with Gasteiger partial charge in [0.05, 0.1) is 17.0 Å². The van der Waals surface area contributed by atoms with Crippen molar-refractivity contribution in [2.75, 3.05) is 6.54 Å². The van der Waals surface area contributed by atoms with Crippen LogP contribution in [0.2, 0.25) is 0 Å². The Bertz CT molecular complexity index is 439. The molecule has 1 aromatic heterocycles. The van der Waals surface area contributed by atoms with Crippen molar-refractivity contribution in [1.29, 1.82) is 0 Å². The van der Waals surface area contributed by atoms with E-state index in [9.17, 15) is 9.59 Å². The molecule has 0 aromatic carbocycles. The Labute approximate surface area is 90.9 Å². The SMILES string of the molecule is CC(=O)NCC#Cc1sccc1C(=O)O. The van der Waals surface area contributed by atoms with E-state index in [-0.39, 0.29) is 18.0 Å². The van der Waals surface area contributed by atoms with Crippen LogP contribution in [0.15, 0.2) is 11.4 Å². The van der Waals surface area contributed by atoms with Crippen molar-refractivity contribution in [3.05, 3.63) is 21.9 Å². The van der Waals surface area contributed by atoms with Crippen LogP contribution >= 0.6 is 11.3 Å². The van der Waals surface area contributed by atoms with Gasteiger partial charge in [-0.1, -0.05) is 11.8 Å². The van der Waals surface area contributed by atoms with Crippen LogP contribution in [0.3, 0.4) is 0 Å². The van der Waals surface area contributed by atoms with Crippen molar-refractivity contribution >= 4 is 23.2 Å². The maximum atomic E-state index is 10.7. The number of carboxylic acid groups (broad SMARTS) is 1. The first-order chi connectivity index (χ1) is 7.11. The molecule has 0 aliphatic carbocycles. The highest BCUT2D eigenvalue weighted by molar-refractivity contribution is 7.10. The van der Waals surface area contributed by atoms with E-state index in [2.05, 4.69) is 17.2 Å². The third kappa shape index (κ3) is 3.44. The van der Waals surface area contributed by atoms with Crippen LogP contribution in [0.4, 0.5) is 0 Å². The van der Waals surface area contributed by atoms with E-state index in [0.29, 0.717) is 4.88 Å². The van der Waals surface area contributed by atoms with Crippen LogP contribution in [0.1, 0.15) is 22.2 Å². The van der Waals surface area contributed by atoms with E-state index < -0.39 is 5.97 Å². The maximum absolute atomic E-state index is 10.7. The molecule has 0 aliphatic heterocycles. The molecule has 2 N–H and O–H groups in total. The van der Waals surface area contributed by atoms with Gasteiger partial charge in [0.2, 0.25) is 5.91 Å². The predicted octanol–water partition coefficient (Wildman–Crippen LogP) is 0.934. The number of carbonyl (C=O) groups is 2. The van der Waals surface area contributed by atoms with Crippen molar-refractivity contribution in [2.24, 2.45) is 0 Å². The average molecular weight is 223 g/mol. The molecule has 5 heteroatoms. The van der Waals surface area contributed by atoms with Gasteiger partial charge in [0.15, 0.2) is 0 Å². The van der Waals surface area contributed by atoms with Crippen LogP contribution in [-0.4, -0.2) is 23.5 Å². The summed E-state index contributed by atoms with van der Waals surface area (Å²) < 4.78 is 0. The molecule has 0 atom stereocenters. The number of amides is 1. The van der Waals surface area contributed by atoms with Crippen LogP contribution in [-0.2, 0) is 4.79 Å². The molecular formula is C10H9NO3S. The second-order valence-electron chi connectivity index (χ2n) is 2.68. The highest BCUT2D eigenvalue weighted by Crippen LogP contribution is 2.14. The molecular weight excluding hydrogens is 214 g/mol. The number of carbonyl (C=O) groups excluding carboxylic acids is 1. The minimum absolute atomic E-state index is 0.158. The fraction of sp³-hybridized carbons (Fsp3) is 0.200. The smallest absolute Gasteiger partial charge is 0.337 e. The van der Waals surface area contributed by atoms with Gasteiger partial charge < -0.3 is 10.4 Å². The lowest BCUT2D eigenvalue weighted by molar-refractivity contribution is -0.118. The second-order valence-corrected chi connectivity index (χ2v) is 3.60. The van der Waals surface area contributed by atoms with E-state index in [4.69, 9.17) is 5.11 Å². The third-order valence-corrected chi connectivity index (χ3v) is 2.35. The van der Waals surface area contributed by atoms with Gasteiger partial charge in [-0.2, -0.15) is 0 Å². The largest absolute Gasteiger partial charge is 0.478 e. The van der Waals surface area contributed by atoms with E-state index in [1.165, 1.54) is 24.3 Å². The van der Waals surface area contributed by atoms with Gasteiger partial charge in [-0.05, 0) is 11.4 Å². The molecule has 0 saturated heterocycles. The summed E-state index contributed by atoms with van der Waals surface area (Å²) in [5.41, 5.74) is 0.204. The first kappa shape index (κ1) is 11.3. The molecule has 1 heterocycles. The van der Waals surface area contributed by atoms with E-state index in [1.54, 1.807) is 5.38 Å². The molecule has 1 amide bonds. The van der Waals surface area contributed by atoms with Crippen molar-refractivity contribution in [3.63, 3.8) is 0 Å². The Kier molecular flexibility index (Phi) is 3.89. The number of thiophene rings is 1. The van der Waals surface area contributed by atoms with Gasteiger partial charge in [-0.15, -0.1) is 11.3 Å². The van der Waals surface area contributed by atoms with Crippen LogP contribution in [0, 0.1) is 11.8 Å². The highest BCUT2D eigenvalue weighted by atomic mass is 32.1. The summed E-state index contributed by atoms with van der Waals surface area (Å²) in [5.74, 6) is 4.24. The quantitative estimate of drug-likeness (QED) is 0.733. The molecule has 0 fully saturated rings. The standard InChI is InChI=1S/C10H9NO3S/c1-7(12)11-5-2-3-9-8(10(13)14)4-6-15-9/h4,6H,5H2,1H3,(H,11,12)(H,13,14). The topological polar surface area (TPSA) is 66.4 Å². The number of carboxylic acids is 1. The monoisotopic (exact) mass is 223 g/mol. The third-order valence-electron chi connectivity index (χ3n) is 1.52. The molecule has 0 spiro atoms. The molecule has 4 nitrogen and oxygen atoms in total. The van der Waals surface area contributed by atoms with Gasteiger partial charge in [-0.25, -0.2) is 4.79 Å². The van der Waals surface area contributed by atoms with Crippen LogP contribution in [0.25, 0.3) is 0 Å². The Hall–Kier alpha value is -1.80. The molecule has 15 heavy (non-hydrogen) atoms. The summed E-state index contributed by atoms with van der Waals surface area (Å²) >= 11 is 1.27. The fourth-order valence-corrected chi connectivity index (χ4v) is 1.62. The zero-order valence-electron chi connectivity index (χ0n) is 8.03. The molecule has 0 radical (unpaired) electrons. The summed E-state index contributed by atoms with van der Waals surface area (Å²) in [4.78, 5) is 21.7. The summed E-state index contributed by atoms with van der Waals surface area (Å²) in [6, 6.07) is 1.51. The average Bonchev–Trinajstić information content (AvgIpc) is 2.60. The van der Waals surface area contributed by atoms with Crippen LogP contribution in [0.5, 0.6) is 0 Å². The minimum Gasteiger partial charge on any atom is -0.478 e. The number of hydrogen-bond donors (Lipinski definition) is 2. The van der Waals surface area contributed by atoms with Crippen molar-refractivity contribution < 1.29 is 14.7 Å². The van der Waals surface area contributed by atoms with Crippen molar-refractivity contribution in [1.82, 2.24) is 5.32 Å². The fourth-order valence-electron chi connectivity index (χ4n) is 0.868. The summed E-state index contributed by atoms with van der Waals surface area (Å²) in [6.07, 6.45) is 0. The number of hydrogen-bond acceptors (Lipinski definition) is 3. The molecule has 1 rings (SSSR count).